The number of para-hydroxylation sites is 3. The van der Waals surface area contributed by atoms with Gasteiger partial charge in [0.25, 0.3) is 0 Å². The SMILES string of the molecule is CN1c2ccccc2Oc2ccc(-c3ccc4c(c3)[Si]3(c5ccccc5-c5ccccc53)c3ccccc3N4C)cc21. The molecule has 0 saturated heterocycles. The molecule has 6 aromatic rings. The predicted octanol–water partition coefficient (Wildman–Crippen LogP) is 6.67. The average molecular weight is 557 g/mol. The summed E-state index contributed by atoms with van der Waals surface area (Å²) in [6, 6.07) is 49.2. The summed E-state index contributed by atoms with van der Waals surface area (Å²) in [6.45, 7) is 0. The van der Waals surface area contributed by atoms with E-state index in [0.29, 0.717) is 0 Å². The van der Waals surface area contributed by atoms with Crippen molar-refractivity contribution in [1.82, 2.24) is 0 Å². The van der Waals surface area contributed by atoms with Gasteiger partial charge in [0.2, 0.25) is 0 Å². The molecule has 0 radical (unpaired) electrons. The van der Waals surface area contributed by atoms with Crippen molar-refractivity contribution >= 4 is 51.6 Å². The molecule has 0 unspecified atom stereocenters. The van der Waals surface area contributed by atoms with E-state index in [2.05, 4.69) is 145 Å². The molecule has 0 fully saturated rings. The van der Waals surface area contributed by atoms with E-state index in [-0.39, 0.29) is 0 Å². The molecular formula is C38H28N2OSi. The van der Waals surface area contributed by atoms with Gasteiger partial charge in [0.05, 0.1) is 11.4 Å². The maximum Gasteiger partial charge on any atom is 0.185 e. The Morgan fingerprint density at radius 1 is 0.429 bits per heavy atom. The van der Waals surface area contributed by atoms with Gasteiger partial charge in [0.1, 0.15) is 0 Å². The standard InChI is InChI=1S/C38H28N2OSi/c1-39-29-13-5-7-15-33(29)41-34-22-20-25(23-32(34)39)26-19-21-31-38(24-26)42(37-18-10-6-14-30(37)40(31)2)35-16-8-3-11-27(35)28-12-4-9-17-36(28)42/h3-24H,1-2H3. The third-order valence-corrected chi connectivity index (χ3v) is 14.4. The van der Waals surface area contributed by atoms with Crippen LogP contribution in [0.4, 0.5) is 22.7 Å². The molecule has 0 saturated carbocycles. The number of ether oxygens (including phenoxy) is 1. The van der Waals surface area contributed by atoms with Crippen LogP contribution in [0.5, 0.6) is 11.5 Å². The first kappa shape index (κ1) is 23.6. The molecule has 6 aromatic carbocycles. The quantitative estimate of drug-likeness (QED) is 0.210. The van der Waals surface area contributed by atoms with E-state index in [9.17, 15) is 0 Å². The highest BCUT2D eigenvalue weighted by atomic mass is 28.3. The third kappa shape index (κ3) is 2.94. The maximum atomic E-state index is 6.30. The maximum absolute atomic E-state index is 6.30. The molecule has 9 rings (SSSR count). The number of anilines is 4. The lowest BCUT2D eigenvalue weighted by Crippen LogP contribution is -2.75. The molecule has 200 valence electrons. The molecule has 3 heterocycles. The third-order valence-electron chi connectivity index (χ3n) is 9.48. The highest BCUT2D eigenvalue weighted by Crippen LogP contribution is 2.47. The minimum atomic E-state index is -2.57. The summed E-state index contributed by atoms with van der Waals surface area (Å²) >= 11 is 0. The van der Waals surface area contributed by atoms with Crippen LogP contribution in [-0.2, 0) is 0 Å². The van der Waals surface area contributed by atoms with Gasteiger partial charge >= 0.3 is 0 Å². The summed E-state index contributed by atoms with van der Waals surface area (Å²) in [5.41, 5.74) is 9.93. The Kier molecular flexibility index (Phi) is 4.77. The van der Waals surface area contributed by atoms with Crippen molar-refractivity contribution in [3.63, 3.8) is 0 Å². The zero-order valence-corrected chi connectivity index (χ0v) is 24.5. The van der Waals surface area contributed by atoms with Crippen LogP contribution in [0, 0.1) is 0 Å². The Morgan fingerprint density at radius 2 is 0.952 bits per heavy atom. The first-order valence-electron chi connectivity index (χ1n) is 14.5. The zero-order valence-electron chi connectivity index (χ0n) is 23.5. The lowest BCUT2D eigenvalue weighted by molar-refractivity contribution is 0.475. The predicted molar refractivity (Wildman–Crippen MR) is 177 cm³/mol. The van der Waals surface area contributed by atoms with E-state index in [1.807, 2.05) is 12.1 Å². The Bertz CT molecular complexity index is 2040. The molecule has 0 aromatic heterocycles. The molecule has 0 bridgehead atoms. The van der Waals surface area contributed by atoms with Gasteiger partial charge in [0.15, 0.2) is 19.6 Å². The van der Waals surface area contributed by atoms with Crippen LogP contribution in [0.15, 0.2) is 133 Å². The molecule has 0 N–H and O–H groups in total. The van der Waals surface area contributed by atoms with Crippen molar-refractivity contribution in [2.45, 2.75) is 0 Å². The van der Waals surface area contributed by atoms with Gasteiger partial charge in [-0.25, -0.2) is 0 Å². The van der Waals surface area contributed by atoms with Crippen LogP contribution in [0.3, 0.4) is 0 Å². The second-order valence-electron chi connectivity index (χ2n) is 11.5. The number of hydrogen-bond acceptors (Lipinski definition) is 3. The number of fused-ring (bicyclic) bond motifs is 11. The summed E-state index contributed by atoms with van der Waals surface area (Å²) in [4.78, 5) is 4.63. The molecule has 3 aliphatic heterocycles. The Labute approximate surface area is 246 Å². The fourth-order valence-electron chi connectivity index (χ4n) is 7.60. The van der Waals surface area contributed by atoms with Crippen LogP contribution in [-0.4, -0.2) is 22.2 Å². The van der Waals surface area contributed by atoms with E-state index in [1.54, 1.807) is 0 Å². The van der Waals surface area contributed by atoms with Crippen LogP contribution in [0.25, 0.3) is 22.3 Å². The summed E-state index contributed by atoms with van der Waals surface area (Å²) in [5.74, 6) is 1.78. The van der Waals surface area contributed by atoms with Crippen LogP contribution in [0.1, 0.15) is 0 Å². The van der Waals surface area contributed by atoms with E-state index < -0.39 is 8.07 Å². The minimum absolute atomic E-state index is 0.885. The highest BCUT2D eigenvalue weighted by Gasteiger charge is 2.53. The van der Waals surface area contributed by atoms with Gasteiger partial charge in [-0.3, -0.25) is 0 Å². The van der Waals surface area contributed by atoms with Gasteiger partial charge < -0.3 is 14.5 Å². The largest absolute Gasteiger partial charge is 0.453 e. The van der Waals surface area contributed by atoms with Gasteiger partial charge in [-0.15, -0.1) is 0 Å². The van der Waals surface area contributed by atoms with Crippen molar-refractivity contribution < 1.29 is 4.74 Å². The summed E-state index contributed by atoms with van der Waals surface area (Å²) < 4.78 is 6.30. The van der Waals surface area contributed by atoms with Crippen molar-refractivity contribution in [3.05, 3.63) is 133 Å². The smallest absolute Gasteiger partial charge is 0.185 e. The number of rotatable bonds is 1. The fourth-order valence-corrected chi connectivity index (χ4v) is 13.3. The Balaban J connectivity index is 1.30. The minimum Gasteiger partial charge on any atom is -0.453 e. The van der Waals surface area contributed by atoms with Crippen molar-refractivity contribution in [2.24, 2.45) is 0 Å². The first-order valence-corrected chi connectivity index (χ1v) is 16.5. The second-order valence-corrected chi connectivity index (χ2v) is 15.1. The molecule has 3 nitrogen and oxygen atoms in total. The lowest BCUT2D eigenvalue weighted by Gasteiger charge is -2.42. The molecule has 3 aliphatic rings. The topological polar surface area (TPSA) is 15.7 Å². The van der Waals surface area contributed by atoms with Crippen LogP contribution < -0.4 is 35.3 Å². The van der Waals surface area contributed by atoms with Gasteiger partial charge in [-0.2, -0.15) is 0 Å². The molecule has 0 amide bonds. The average Bonchev–Trinajstić information content (AvgIpc) is 3.34. The fraction of sp³-hybridized carbons (Fsp3) is 0.0526. The molecule has 4 heteroatoms. The van der Waals surface area contributed by atoms with Crippen LogP contribution >= 0.6 is 0 Å². The van der Waals surface area contributed by atoms with Gasteiger partial charge in [0, 0.05) is 25.5 Å². The Hall–Kier alpha value is -5.06. The van der Waals surface area contributed by atoms with Crippen LogP contribution in [0.2, 0.25) is 0 Å². The Morgan fingerprint density at radius 3 is 1.71 bits per heavy atom. The number of hydrogen-bond donors (Lipinski definition) is 0. The summed E-state index contributed by atoms with van der Waals surface area (Å²) in [7, 11) is 1.76. The lowest BCUT2D eigenvalue weighted by atomic mass is 10.0. The summed E-state index contributed by atoms with van der Waals surface area (Å²) in [5, 5.41) is 5.89. The molecule has 0 aliphatic carbocycles. The van der Waals surface area contributed by atoms with Crippen molar-refractivity contribution in [3.8, 4) is 33.8 Å². The molecular weight excluding hydrogens is 529 g/mol. The second kappa shape index (κ2) is 8.48. The number of nitrogens with zero attached hydrogens (tertiary/aromatic N) is 2. The molecule has 0 atom stereocenters. The van der Waals surface area contributed by atoms with Crippen molar-refractivity contribution in [1.29, 1.82) is 0 Å². The van der Waals surface area contributed by atoms with Crippen molar-refractivity contribution in [2.75, 3.05) is 23.9 Å². The molecule has 1 spiro atoms. The van der Waals surface area contributed by atoms with E-state index in [1.165, 1.54) is 54.4 Å². The molecule has 42 heavy (non-hydrogen) atoms. The number of benzene rings is 6. The van der Waals surface area contributed by atoms with E-state index >= 15 is 0 Å². The normalized spacial score (nSPS) is 14.7. The monoisotopic (exact) mass is 556 g/mol. The summed E-state index contributed by atoms with van der Waals surface area (Å²) in [6.07, 6.45) is 0. The van der Waals surface area contributed by atoms with Gasteiger partial charge in [-0.05, 0) is 79.4 Å². The highest BCUT2D eigenvalue weighted by molar-refractivity contribution is 7.23. The van der Waals surface area contributed by atoms with Gasteiger partial charge in [-0.1, -0.05) is 97.1 Å². The zero-order chi connectivity index (χ0) is 28.0. The van der Waals surface area contributed by atoms with E-state index in [4.69, 9.17) is 4.74 Å². The van der Waals surface area contributed by atoms with E-state index in [0.717, 1.165) is 22.9 Å². The first-order chi connectivity index (χ1) is 20.7.